The zero-order chi connectivity index (χ0) is 12.8. The van der Waals surface area contributed by atoms with Crippen LogP contribution in [0.5, 0.6) is 0 Å². The maximum Gasteiger partial charge on any atom is 0.223 e. The summed E-state index contributed by atoms with van der Waals surface area (Å²) in [6.45, 7) is 6.71. The van der Waals surface area contributed by atoms with Gasteiger partial charge in [0.05, 0.1) is 6.10 Å². The molecule has 2 fully saturated rings. The largest absolute Gasteiger partial charge is 0.377 e. The fraction of sp³-hybridized carbons (Fsp3) is 0.929. The molecular weight excluding hydrogens is 228 g/mol. The van der Waals surface area contributed by atoms with E-state index in [1.165, 1.54) is 12.8 Å². The molecule has 2 atom stereocenters. The van der Waals surface area contributed by atoms with Crippen LogP contribution in [0.3, 0.4) is 0 Å². The molecule has 18 heavy (non-hydrogen) atoms. The van der Waals surface area contributed by atoms with E-state index in [9.17, 15) is 4.79 Å². The van der Waals surface area contributed by atoms with Crippen LogP contribution in [0.4, 0.5) is 0 Å². The standard InChI is InChI=1S/C14H26N2O2/c1-12-4-2-8-16(11-12)14(17)6-7-15-10-13-5-3-9-18-13/h12-13,15H,2-11H2,1H3. The minimum absolute atomic E-state index is 0.307. The average Bonchev–Trinajstić information content (AvgIpc) is 2.87. The molecule has 0 bridgehead atoms. The number of carbonyl (C=O) groups excluding carboxylic acids is 1. The van der Waals surface area contributed by atoms with E-state index in [0.29, 0.717) is 24.3 Å². The van der Waals surface area contributed by atoms with Crippen LogP contribution < -0.4 is 5.32 Å². The van der Waals surface area contributed by atoms with Crippen molar-refractivity contribution in [3.05, 3.63) is 0 Å². The highest BCUT2D eigenvalue weighted by Crippen LogP contribution is 2.16. The zero-order valence-corrected chi connectivity index (χ0v) is 11.5. The molecule has 4 heteroatoms. The Kier molecular flexibility index (Phi) is 5.45. The summed E-state index contributed by atoms with van der Waals surface area (Å²) >= 11 is 0. The molecule has 2 saturated heterocycles. The molecule has 0 aliphatic carbocycles. The van der Waals surface area contributed by atoms with Gasteiger partial charge in [-0.2, -0.15) is 0 Å². The lowest BCUT2D eigenvalue weighted by atomic mass is 10.00. The van der Waals surface area contributed by atoms with E-state index < -0.39 is 0 Å². The molecule has 4 nitrogen and oxygen atoms in total. The molecule has 1 N–H and O–H groups in total. The van der Waals surface area contributed by atoms with Crippen molar-refractivity contribution >= 4 is 5.91 Å². The van der Waals surface area contributed by atoms with Gasteiger partial charge in [0.25, 0.3) is 0 Å². The van der Waals surface area contributed by atoms with Gasteiger partial charge in [-0.3, -0.25) is 4.79 Å². The number of nitrogens with one attached hydrogen (secondary N) is 1. The molecule has 1 amide bonds. The van der Waals surface area contributed by atoms with Gasteiger partial charge in [0.2, 0.25) is 5.91 Å². The Morgan fingerprint density at radius 2 is 2.28 bits per heavy atom. The predicted octanol–water partition coefficient (Wildman–Crippen LogP) is 1.40. The van der Waals surface area contributed by atoms with Crippen molar-refractivity contribution < 1.29 is 9.53 Å². The Bertz CT molecular complexity index is 265. The summed E-state index contributed by atoms with van der Waals surface area (Å²) in [6.07, 6.45) is 5.76. The SMILES string of the molecule is CC1CCCN(C(=O)CCNCC2CCCO2)C1. The Hall–Kier alpha value is -0.610. The molecule has 0 saturated carbocycles. The fourth-order valence-electron chi connectivity index (χ4n) is 2.84. The van der Waals surface area contributed by atoms with Gasteiger partial charge in [0, 0.05) is 39.2 Å². The van der Waals surface area contributed by atoms with Crippen molar-refractivity contribution in [2.45, 2.75) is 45.1 Å². The maximum atomic E-state index is 12.0. The van der Waals surface area contributed by atoms with Gasteiger partial charge in [-0.1, -0.05) is 6.92 Å². The van der Waals surface area contributed by atoms with Crippen LogP contribution in [0, 0.1) is 5.92 Å². The highest BCUT2D eigenvalue weighted by atomic mass is 16.5. The van der Waals surface area contributed by atoms with Crippen LogP contribution >= 0.6 is 0 Å². The number of ether oxygens (including phenoxy) is 1. The topological polar surface area (TPSA) is 41.6 Å². The summed E-state index contributed by atoms with van der Waals surface area (Å²) in [5.74, 6) is 0.976. The second-order valence-electron chi connectivity index (χ2n) is 5.68. The smallest absolute Gasteiger partial charge is 0.223 e. The normalized spacial score (nSPS) is 28.6. The van der Waals surface area contributed by atoms with Crippen molar-refractivity contribution in [3.8, 4) is 0 Å². The third-order valence-electron chi connectivity index (χ3n) is 3.92. The third kappa shape index (κ3) is 4.25. The van der Waals surface area contributed by atoms with E-state index in [-0.39, 0.29) is 0 Å². The maximum absolute atomic E-state index is 12.0. The summed E-state index contributed by atoms with van der Waals surface area (Å²) in [6, 6.07) is 0. The number of rotatable bonds is 5. The highest BCUT2D eigenvalue weighted by molar-refractivity contribution is 5.76. The third-order valence-corrected chi connectivity index (χ3v) is 3.92. The second-order valence-corrected chi connectivity index (χ2v) is 5.68. The van der Waals surface area contributed by atoms with E-state index in [1.807, 2.05) is 4.90 Å². The minimum Gasteiger partial charge on any atom is -0.377 e. The van der Waals surface area contributed by atoms with Crippen molar-refractivity contribution in [1.29, 1.82) is 0 Å². The fourth-order valence-corrected chi connectivity index (χ4v) is 2.84. The van der Waals surface area contributed by atoms with Crippen LogP contribution in [0.2, 0.25) is 0 Å². The Labute approximate surface area is 110 Å². The van der Waals surface area contributed by atoms with E-state index in [2.05, 4.69) is 12.2 Å². The summed E-state index contributed by atoms with van der Waals surface area (Å²) in [7, 11) is 0. The molecule has 0 aromatic rings. The highest BCUT2D eigenvalue weighted by Gasteiger charge is 2.20. The number of likely N-dealkylation sites (tertiary alicyclic amines) is 1. The summed E-state index contributed by atoms with van der Waals surface area (Å²) in [5.41, 5.74) is 0. The Morgan fingerprint density at radius 1 is 1.39 bits per heavy atom. The zero-order valence-electron chi connectivity index (χ0n) is 11.5. The molecule has 0 spiro atoms. The molecule has 2 rings (SSSR count). The van der Waals surface area contributed by atoms with Gasteiger partial charge >= 0.3 is 0 Å². The molecule has 2 heterocycles. The van der Waals surface area contributed by atoms with E-state index in [4.69, 9.17) is 4.74 Å². The first-order valence-corrected chi connectivity index (χ1v) is 7.36. The first kappa shape index (κ1) is 13.8. The molecule has 2 aliphatic heterocycles. The molecular formula is C14H26N2O2. The lowest BCUT2D eigenvalue weighted by Gasteiger charge is -2.31. The molecule has 2 aliphatic rings. The Balaban J connectivity index is 1.56. The van der Waals surface area contributed by atoms with Gasteiger partial charge in [0.15, 0.2) is 0 Å². The number of amides is 1. The van der Waals surface area contributed by atoms with E-state index >= 15 is 0 Å². The number of hydrogen-bond donors (Lipinski definition) is 1. The molecule has 104 valence electrons. The van der Waals surface area contributed by atoms with Crippen molar-refractivity contribution in [2.24, 2.45) is 5.92 Å². The van der Waals surface area contributed by atoms with Crippen molar-refractivity contribution in [1.82, 2.24) is 10.2 Å². The summed E-state index contributed by atoms with van der Waals surface area (Å²) < 4.78 is 5.53. The molecule has 0 aromatic heterocycles. The number of nitrogens with zero attached hydrogens (tertiary/aromatic N) is 1. The lowest BCUT2D eigenvalue weighted by molar-refractivity contribution is -0.132. The van der Waals surface area contributed by atoms with Crippen LogP contribution in [0.1, 0.15) is 39.0 Å². The van der Waals surface area contributed by atoms with Gasteiger partial charge in [0.1, 0.15) is 0 Å². The van der Waals surface area contributed by atoms with Crippen LogP contribution in [-0.2, 0) is 9.53 Å². The number of piperidine rings is 1. The van der Waals surface area contributed by atoms with Crippen molar-refractivity contribution in [2.75, 3.05) is 32.8 Å². The summed E-state index contributed by atoms with van der Waals surface area (Å²) in [4.78, 5) is 14.0. The van der Waals surface area contributed by atoms with Crippen LogP contribution in [0.25, 0.3) is 0 Å². The van der Waals surface area contributed by atoms with E-state index in [0.717, 1.165) is 45.6 Å². The monoisotopic (exact) mass is 254 g/mol. The minimum atomic E-state index is 0.307. The van der Waals surface area contributed by atoms with Gasteiger partial charge in [-0.25, -0.2) is 0 Å². The van der Waals surface area contributed by atoms with Gasteiger partial charge in [-0.15, -0.1) is 0 Å². The Morgan fingerprint density at radius 3 is 3.00 bits per heavy atom. The van der Waals surface area contributed by atoms with E-state index in [1.54, 1.807) is 0 Å². The second kappa shape index (κ2) is 7.10. The first-order valence-electron chi connectivity index (χ1n) is 7.36. The quantitative estimate of drug-likeness (QED) is 0.754. The van der Waals surface area contributed by atoms with Gasteiger partial charge in [-0.05, 0) is 31.6 Å². The molecule has 0 radical (unpaired) electrons. The summed E-state index contributed by atoms with van der Waals surface area (Å²) in [5, 5.41) is 3.34. The number of hydrogen-bond acceptors (Lipinski definition) is 3. The van der Waals surface area contributed by atoms with Gasteiger partial charge < -0.3 is 15.0 Å². The van der Waals surface area contributed by atoms with Crippen LogP contribution in [-0.4, -0.2) is 49.7 Å². The van der Waals surface area contributed by atoms with Crippen molar-refractivity contribution in [3.63, 3.8) is 0 Å². The number of carbonyl (C=O) groups is 1. The lowest BCUT2D eigenvalue weighted by Crippen LogP contribution is -2.40. The molecule has 2 unspecified atom stereocenters. The van der Waals surface area contributed by atoms with Crippen LogP contribution in [0.15, 0.2) is 0 Å². The average molecular weight is 254 g/mol. The molecule has 0 aromatic carbocycles. The predicted molar refractivity (Wildman–Crippen MR) is 71.4 cm³/mol. The first-order chi connectivity index (χ1) is 8.75.